The van der Waals surface area contributed by atoms with Crippen molar-refractivity contribution < 1.29 is 14.0 Å². The summed E-state index contributed by atoms with van der Waals surface area (Å²) in [6.45, 7) is 16.8. The maximum absolute atomic E-state index is 12.4. The van der Waals surface area contributed by atoms with E-state index in [9.17, 15) is 4.79 Å². The largest absolute Gasteiger partial charge is 0.469 e. The fourth-order valence-corrected chi connectivity index (χ4v) is 4.65. The quantitative estimate of drug-likeness (QED) is 0.504. The molecule has 2 rings (SSSR count). The monoisotopic (exact) mass is 391 g/mol. The van der Waals surface area contributed by atoms with Crippen molar-refractivity contribution in [1.82, 2.24) is 4.90 Å². The van der Waals surface area contributed by atoms with Gasteiger partial charge < -0.3 is 9.16 Å². The summed E-state index contributed by atoms with van der Waals surface area (Å²) in [4.78, 5) is 14.8. The van der Waals surface area contributed by atoms with E-state index in [1.54, 1.807) is 0 Å². The minimum atomic E-state index is -1.78. The maximum Gasteiger partial charge on any atom is 0.310 e. The van der Waals surface area contributed by atoms with E-state index in [1.807, 2.05) is 6.07 Å². The number of methoxy groups -OCH3 is 1. The third kappa shape index (κ3) is 5.66. The SMILES string of the molecule is COC(=O)[C@@H]1CN(Cc2ccccc2)CC1C(C)CO[Si](C)(C)C(C)(C)C. The van der Waals surface area contributed by atoms with E-state index in [0.717, 1.165) is 19.6 Å². The van der Waals surface area contributed by atoms with Crippen molar-refractivity contribution in [2.75, 3.05) is 26.8 Å². The van der Waals surface area contributed by atoms with Crippen LogP contribution in [0.3, 0.4) is 0 Å². The molecule has 2 unspecified atom stereocenters. The second-order valence-electron chi connectivity index (χ2n) is 9.52. The van der Waals surface area contributed by atoms with E-state index in [2.05, 4.69) is 70.0 Å². The summed E-state index contributed by atoms with van der Waals surface area (Å²) in [5.41, 5.74) is 1.28. The second-order valence-corrected chi connectivity index (χ2v) is 14.3. The molecule has 1 saturated heterocycles. The Bertz CT molecular complexity index is 612. The second kappa shape index (κ2) is 8.89. The number of hydrogen-bond acceptors (Lipinski definition) is 4. The third-order valence-electron chi connectivity index (χ3n) is 6.44. The fraction of sp³-hybridized carbons (Fsp3) is 0.682. The van der Waals surface area contributed by atoms with Crippen LogP contribution >= 0.6 is 0 Å². The topological polar surface area (TPSA) is 38.8 Å². The molecule has 1 heterocycles. The minimum Gasteiger partial charge on any atom is -0.469 e. The summed E-state index contributed by atoms with van der Waals surface area (Å²) in [5.74, 6) is 0.432. The molecule has 1 fully saturated rings. The van der Waals surface area contributed by atoms with Gasteiger partial charge in [-0.05, 0) is 35.5 Å². The molecule has 0 radical (unpaired) electrons. The van der Waals surface area contributed by atoms with Crippen molar-refractivity contribution in [2.24, 2.45) is 17.8 Å². The van der Waals surface area contributed by atoms with Crippen LogP contribution in [-0.4, -0.2) is 46.0 Å². The Labute approximate surface area is 166 Å². The van der Waals surface area contributed by atoms with E-state index in [-0.39, 0.29) is 22.8 Å². The summed E-state index contributed by atoms with van der Waals surface area (Å²) in [7, 11) is -0.288. The molecule has 1 aliphatic rings. The number of likely N-dealkylation sites (tertiary alicyclic amines) is 1. The zero-order valence-corrected chi connectivity index (χ0v) is 19.1. The summed E-state index contributed by atoms with van der Waals surface area (Å²) < 4.78 is 11.6. The molecule has 0 N–H and O–H groups in total. The van der Waals surface area contributed by atoms with Gasteiger partial charge in [-0.15, -0.1) is 0 Å². The fourth-order valence-electron chi connectivity index (χ4n) is 3.54. The lowest BCUT2D eigenvalue weighted by Crippen LogP contribution is -2.43. The molecule has 0 spiro atoms. The predicted molar refractivity (Wildman–Crippen MR) is 113 cm³/mol. The molecule has 0 bridgehead atoms. The first-order valence-electron chi connectivity index (χ1n) is 10.0. The molecular weight excluding hydrogens is 354 g/mol. The van der Waals surface area contributed by atoms with E-state index in [1.165, 1.54) is 12.7 Å². The number of ether oxygens (including phenoxy) is 1. The van der Waals surface area contributed by atoms with Crippen LogP contribution in [-0.2, 0) is 20.5 Å². The summed E-state index contributed by atoms with van der Waals surface area (Å²) in [5, 5.41) is 0.198. The normalized spacial score (nSPS) is 22.6. The van der Waals surface area contributed by atoms with Crippen LogP contribution in [0.5, 0.6) is 0 Å². The van der Waals surface area contributed by atoms with Crippen LogP contribution in [0.25, 0.3) is 0 Å². The Morgan fingerprint density at radius 2 is 1.85 bits per heavy atom. The van der Waals surface area contributed by atoms with E-state index in [0.29, 0.717) is 12.5 Å². The highest BCUT2D eigenvalue weighted by Gasteiger charge is 2.43. The predicted octanol–water partition coefficient (Wildman–Crippen LogP) is 4.57. The smallest absolute Gasteiger partial charge is 0.310 e. The van der Waals surface area contributed by atoms with Crippen molar-refractivity contribution >= 4 is 14.3 Å². The molecular formula is C22H37NO3Si. The average Bonchev–Trinajstić information content (AvgIpc) is 3.03. The van der Waals surface area contributed by atoms with Crippen molar-refractivity contribution in [2.45, 2.75) is 52.4 Å². The highest BCUT2D eigenvalue weighted by molar-refractivity contribution is 6.74. The zero-order chi connectivity index (χ0) is 20.2. The summed E-state index contributed by atoms with van der Waals surface area (Å²) >= 11 is 0. The Kier molecular flexibility index (Phi) is 7.28. The van der Waals surface area contributed by atoms with Gasteiger partial charge in [0.15, 0.2) is 8.32 Å². The van der Waals surface area contributed by atoms with Crippen LogP contribution in [0.4, 0.5) is 0 Å². The van der Waals surface area contributed by atoms with Gasteiger partial charge in [0.05, 0.1) is 13.0 Å². The third-order valence-corrected chi connectivity index (χ3v) is 10.9. The lowest BCUT2D eigenvalue weighted by atomic mass is 9.85. The standard InChI is InChI=1S/C22H37NO3Si/c1-17(16-26-27(6,7)22(2,3)4)19-14-23(15-20(19)21(24)25-5)13-18-11-9-8-10-12-18/h8-12,17,19-20H,13-16H2,1-7H3/t17?,19?,20-/m1/s1. The van der Waals surface area contributed by atoms with Gasteiger partial charge in [-0.3, -0.25) is 9.69 Å². The first-order valence-corrected chi connectivity index (χ1v) is 12.9. The molecule has 3 atom stereocenters. The van der Waals surface area contributed by atoms with Gasteiger partial charge in [0.2, 0.25) is 0 Å². The number of carbonyl (C=O) groups is 1. The first-order chi connectivity index (χ1) is 12.5. The van der Waals surface area contributed by atoms with Gasteiger partial charge in [-0.25, -0.2) is 0 Å². The maximum atomic E-state index is 12.4. The van der Waals surface area contributed by atoms with Crippen LogP contribution in [0.2, 0.25) is 18.1 Å². The van der Waals surface area contributed by atoms with Gasteiger partial charge in [0.1, 0.15) is 0 Å². The lowest BCUT2D eigenvalue weighted by molar-refractivity contribution is -0.146. The Morgan fingerprint density at radius 1 is 1.22 bits per heavy atom. The Hall–Kier alpha value is -1.17. The zero-order valence-electron chi connectivity index (χ0n) is 18.1. The van der Waals surface area contributed by atoms with Gasteiger partial charge >= 0.3 is 5.97 Å². The number of nitrogens with zero attached hydrogens (tertiary/aromatic N) is 1. The Balaban J connectivity index is 2.04. The van der Waals surface area contributed by atoms with Crippen molar-refractivity contribution in [3.8, 4) is 0 Å². The number of rotatable bonds is 7. The molecule has 0 aromatic heterocycles. The van der Waals surface area contributed by atoms with Crippen LogP contribution in [0, 0.1) is 17.8 Å². The molecule has 0 aliphatic carbocycles. The molecule has 0 saturated carbocycles. The molecule has 1 aromatic carbocycles. The number of esters is 1. The first kappa shape index (κ1) is 22.1. The molecule has 152 valence electrons. The molecule has 1 aliphatic heterocycles. The van der Waals surface area contributed by atoms with E-state index in [4.69, 9.17) is 9.16 Å². The van der Waals surface area contributed by atoms with Crippen LogP contribution < -0.4 is 0 Å². The molecule has 27 heavy (non-hydrogen) atoms. The summed E-state index contributed by atoms with van der Waals surface area (Å²) in [6.07, 6.45) is 0. The van der Waals surface area contributed by atoms with Crippen molar-refractivity contribution in [3.63, 3.8) is 0 Å². The number of hydrogen-bond donors (Lipinski definition) is 0. The Morgan fingerprint density at radius 3 is 2.41 bits per heavy atom. The highest BCUT2D eigenvalue weighted by atomic mass is 28.4. The van der Waals surface area contributed by atoms with Gasteiger partial charge in [0.25, 0.3) is 0 Å². The highest BCUT2D eigenvalue weighted by Crippen LogP contribution is 2.38. The number of carbonyl (C=O) groups excluding carboxylic acids is 1. The summed E-state index contributed by atoms with van der Waals surface area (Å²) in [6, 6.07) is 10.5. The van der Waals surface area contributed by atoms with E-state index >= 15 is 0 Å². The van der Waals surface area contributed by atoms with Crippen LogP contribution in [0.1, 0.15) is 33.3 Å². The molecule has 1 aromatic rings. The minimum absolute atomic E-state index is 0.0725. The average molecular weight is 392 g/mol. The molecule has 4 nitrogen and oxygen atoms in total. The molecule has 0 amide bonds. The van der Waals surface area contributed by atoms with Gasteiger partial charge in [0, 0.05) is 26.2 Å². The van der Waals surface area contributed by atoms with Crippen molar-refractivity contribution in [1.29, 1.82) is 0 Å². The van der Waals surface area contributed by atoms with Gasteiger partial charge in [-0.1, -0.05) is 58.0 Å². The molecule has 5 heteroatoms. The van der Waals surface area contributed by atoms with E-state index < -0.39 is 8.32 Å². The lowest BCUT2D eigenvalue weighted by Gasteiger charge is -2.38. The van der Waals surface area contributed by atoms with Gasteiger partial charge in [-0.2, -0.15) is 0 Å². The number of benzene rings is 1. The van der Waals surface area contributed by atoms with Crippen LogP contribution in [0.15, 0.2) is 30.3 Å². The van der Waals surface area contributed by atoms with Crippen molar-refractivity contribution in [3.05, 3.63) is 35.9 Å².